The van der Waals surface area contributed by atoms with Gasteiger partial charge in [-0.2, -0.15) is 0 Å². The second-order valence-electron chi connectivity index (χ2n) is 3.81. The fourth-order valence-electron chi connectivity index (χ4n) is 1.41. The van der Waals surface area contributed by atoms with Crippen molar-refractivity contribution in [2.45, 2.75) is 0 Å². The number of hydrogen-bond donors (Lipinski definition) is 2. The standard InChI is InChI=1S/C13H11F2NO6/c1-21-11(17)5-10(13(20)22-2)16-9-4-8(15)7(14)3-6(9)12(18)19/h3-5,16H,1-2H3,(H,18,19)/b10-5+. The third-order valence-electron chi connectivity index (χ3n) is 2.43. The number of esters is 2. The summed E-state index contributed by atoms with van der Waals surface area (Å²) < 4.78 is 35.1. The summed E-state index contributed by atoms with van der Waals surface area (Å²) >= 11 is 0. The van der Waals surface area contributed by atoms with Gasteiger partial charge in [0, 0.05) is 6.07 Å². The molecule has 0 amide bonds. The molecule has 0 saturated heterocycles. The minimum atomic E-state index is -1.57. The quantitative estimate of drug-likeness (QED) is 0.624. The van der Waals surface area contributed by atoms with Gasteiger partial charge in [-0.25, -0.2) is 23.2 Å². The van der Waals surface area contributed by atoms with Crippen LogP contribution in [0.2, 0.25) is 0 Å². The first-order valence-electron chi connectivity index (χ1n) is 5.67. The molecule has 1 aromatic rings. The van der Waals surface area contributed by atoms with Crippen molar-refractivity contribution in [2.24, 2.45) is 0 Å². The Morgan fingerprint density at radius 3 is 2.23 bits per heavy atom. The number of rotatable bonds is 5. The summed E-state index contributed by atoms with van der Waals surface area (Å²) in [4.78, 5) is 33.7. The first kappa shape index (κ1) is 17.1. The predicted molar refractivity (Wildman–Crippen MR) is 69.1 cm³/mol. The van der Waals surface area contributed by atoms with Crippen molar-refractivity contribution in [1.82, 2.24) is 0 Å². The summed E-state index contributed by atoms with van der Waals surface area (Å²) in [5.41, 5.74) is -1.59. The molecule has 0 radical (unpaired) electrons. The number of halogens is 2. The van der Waals surface area contributed by atoms with Gasteiger partial charge in [0.25, 0.3) is 0 Å². The van der Waals surface area contributed by atoms with Crippen LogP contribution >= 0.6 is 0 Å². The Labute approximate surface area is 123 Å². The van der Waals surface area contributed by atoms with Crippen LogP contribution in [0.5, 0.6) is 0 Å². The lowest BCUT2D eigenvalue weighted by atomic mass is 10.1. The van der Waals surface area contributed by atoms with Crippen LogP contribution in [0, 0.1) is 11.6 Å². The number of ether oxygens (including phenoxy) is 2. The molecule has 0 atom stereocenters. The maximum absolute atomic E-state index is 13.2. The number of benzene rings is 1. The van der Waals surface area contributed by atoms with E-state index >= 15 is 0 Å². The average Bonchev–Trinajstić information content (AvgIpc) is 2.48. The smallest absolute Gasteiger partial charge is 0.354 e. The average molecular weight is 315 g/mol. The summed E-state index contributed by atoms with van der Waals surface area (Å²) in [6.07, 6.45) is 0.679. The molecule has 1 aromatic carbocycles. The van der Waals surface area contributed by atoms with E-state index in [1.165, 1.54) is 0 Å². The lowest BCUT2D eigenvalue weighted by Crippen LogP contribution is -2.17. The Balaban J connectivity index is 3.32. The van der Waals surface area contributed by atoms with E-state index < -0.39 is 46.5 Å². The molecule has 0 aliphatic carbocycles. The van der Waals surface area contributed by atoms with E-state index in [0.717, 1.165) is 14.2 Å². The summed E-state index contributed by atoms with van der Waals surface area (Å²) in [6.45, 7) is 0. The number of anilines is 1. The molecular weight excluding hydrogens is 304 g/mol. The number of carbonyl (C=O) groups is 3. The van der Waals surface area contributed by atoms with E-state index in [4.69, 9.17) is 5.11 Å². The molecular formula is C13H11F2NO6. The van der Waals surface area contributed by atoms with Gasteiger partial charge < -0.3 is 19.9 Å². The fraction of sp³-hybridized carbons (Fsp3) is 0.154. The molecule has 1 rings (SSSR count). The zero-order valence-corrected chi connectivity index (χ0v) is 11.5. The molecule has 0 fully saturated rings. The molecule has 22 heavy (non-hydrogen) atoms. The van der Waals surface area contributed by atoms with Crippen LogP contribution in [-0.2, 0) is 19.1 Å². The summed E-state index contributed by atoms with van der Waals surface area (Å²) in [7, 11) is 2.06. The molecule has 0 unspecified atom stereocenters. The molecule has 0 heterocycles. The molecule has 0 spiro atoms. The maximum Gasteiger partial charge on any atom is 0.354 e. The normalized spacial score (nSPS) is 10.8. The highest BCUT2D eigenvalue weighted by Crippen LogP contribution is 2.22. The molecule has 7 nitrogen and oxygen atoms in total. The van der Waals surface area contributed by atoms with Crippen molar-refractivity contribution in [1.29, 1.82) is 0 Å². The van der Waals surface area contributed by atoms with Gasteiger partial charge in [0.1, 0.15) is 5.70 Å². The number of nitrogens with one attached hydrogen (secondary N) is 1. The Morgan fingerprint density at radius 1 is 1.14 bits per heavy atom. The van der Waals surface area contributed by atoms with Crippen molar-refractivity contribution in [3.8, 4) is 0 Å². The van der Waals surface area contributed by atoms with Crippen LogP contribution in [0.4, 0.5) is 14.5 Å². The molecule has 2 N–H and O–H groups in total. The number of methoxy groups -OCH3 is 2. The fourth-order valence-corrected chi connectivity index (χ4v) is 1.41. The SMILES string of the molecule is COC(=O)/C=C(/Nc1cc(F)c(F)cc1C(=O)O)C(=O)OC. The Morgan fingerprint density at radius 2 is 1.73 bits per heavy atom. The van der Waals surface area contributed by atoms with Gasteiger partial charge in [0.05, 0.1) is 31.5 Å². The Hall–Kier alpha value is -2.97. The predicted octanol–water partition coefficient (Wildman–Crippen LogP) is 1.30. The zero-order chi connectivity index (χ0) is 16.9. The van der Waals surface area contributed by atoms with Crippen molar-refractivity contribution >= 4 is 23.6 Å². The van der Waals surface area contributed by atoms with Crippen molar-refractivity contribution in [3.05, 3.63) is 41.1 Å². The monoisotopic (exact) mass is 315 g/mol. The van der Waals surface area contributed by atoms with E-state index in [1.807, 2.05) is 0 Å². The molecule has 0 aromatic heterocycles. The third kappa shape index (κ3) is 4.01. The first-order chi connectivity index (χ1) is 10.3. The Bertz CT molecular complexity index is 656. The van der Waals surface area contributed by atoms with Gasteiger partial charge in [-0.1, -0.05) is 0 Å². The lowest BCUT2D eigenvalue weighted by molar-refractivity contribution is -0.138. The van der Waals surface area contributed by atoms with Gasteiger partial charge in [-0.3, -0.25) is 0 Å². The van der Waals surface area contributed by atoms with Crippen molar-refractivity contribution < 1.29 is 37.7 Å². The highest BCUT2D eigenvalue weighted by molar-refractivity contribution is 6.01. The maximum atomic E-state index is 13.2. The van der Waals surface area contributed by atoms with Crippen LogP contribution in [0.1, 0.15) is 10.4 Å². The van der Waals surface area contributed by atoms with E-state index in [1.54, 1.807) is 0 Å². The topological polar surface area (TPSA) is 102 Å². The number of aromatic carboxylic acids is 1. The lowest BCUT2D eigenvalue weighted by Gasteiger charge is -2.12. The highest BCUT2D eigenvalue weighted by Gasteiger charge is 2.19. The third-order valence-corrected chi connectivity index (χ3v) is 2.43. The van der Waals surface area contributed by atoms with Gasteiger partial charge in [-0.15, -0.1) is 0 Å². The molecule has 118 valence electrons. The van der Waals surface area contributed by atoms with Crippen LogP contribution < -0.4 is 5.32 Å². The van der Waals surface area contributed by atoms with Gasteiger partial charge in [0.2, 0.25) is 0 Å². The molecule has 0 aliphatic rings. The van der Waals surface area contributed by atoms with E-state index in [2.05, 4.69) is 14.8 Å². The second-order valence-corrected chi connectivity index (χ2v) is 3.81. The molecule has 9 heteroatoms. The Kier molecular flexibility index (Phi) is 5.56. The number of hydrogen-bond acceptors (Lipinski definition) is 6. The summed E-state index contributed by atoms with van der Waals surface area (Å²) in [6, 6.07) is 0.972. The minimum absolute atomic E-state index is 0.438. The number of carboxylic acid groups (broad SMARTS) is 1. The molecule has 0 bridgehead atoms. The molecule has 0 saturated carbocycles. The van der Waals surface area contributed by atoms with Crippen LogP contribution in [-0.4, -0.2) is 37.2 Å². The van der Waals surface area contributed by atoms with Crippen molar-refractivity contribution in [2.75, 3.05) is 19.5 Å². The van der Waals surface area contributed by atoms with Crippen LogP contribution in [0.25, 0.3) is 0 Å². The largest absolute Gasteiger partial charge is 0.478 e. The van der Waals surface area contributed by atoms with E-state index in [-0.39, 0.29) is 0 Å². The zero-order valence-electron chi connectivity index (χ0n) is 11.5. The van der Waals surface area contributed by atoms with Gasteiger partial charge >= 0.3 is 17.9 Å². The second kappa shape index (κ2) is 7.16. The highest BCUT2D eigenvalue weighted by atomic mass is 19.2. The van der Waals surface area contributed by atoms with E-state index in [0.29, 0.717) is 18.2 Å². The first-order valence-corrected chi connectivity index (χ1v) is 5.67. The van der Waals surface area contributed by atoms with Gasteiger partial charge in [0.15, 0.2) is 11.6 Å². The van der Waals surface area contributed by atoms with Crippen LogP contribution in [0.3, 0.4) is 0 Å². The molecule has 0 aliphatic heterocycles. The van der Waals surface area contributed by atoms with Gasteiger partial charge in [-0.05, 0) is 6.07 Å². The minimum Gasteiger partial charge on any atom is -0.478 e. The van der Waals surface area contributed by atoms with E-state index in [9.17, 15) is 23.2 Å². The summed E-state index contributed by atoms with van der Waals surface area (Å²) in [5.74, 6) is -6.25. The van der Waals surface area contributed by atoms with Crippen molar-refractivity contribution in [3.63, 3.8) is 0 Å². The number of carbonyl (C=O) groups excluding carboxylic acids is 2. The number of carboxylic acids is 1. The summed E-state index contributed by atoms with van der Waals surface area (Å²) in [5, 5.41) is 11.2. The van der Waals surface area contributed by atoms with Crippen LogP contribution in [0.15, 0.2) is 23.9 Å².